The number of nitrogens with one attached hydrogen (secondary N) is 1. The van der Waals surface area contributed by atoms with Crippen molar-refractivity contribution in [3.63, 3.8) is 0 Å². The normalized spacial score (nSPS) is 22.5. The zero-order valence-corrected chi connectivity index (χ0v) is 11.0. The van der Waals surface area contributed by atoms with Crippen molar-refractivity contribution in [2.45, 2.75) is 25.0 Å². The van der Waals surface area contributed by atoms with Crippen LogP contribution in [0.25, 0.3) is 0 Å². The summed E-state index contributed by atoms with van der Waals surface area (Å²) in [6, 6.07) is -1.41. The summed E-state index contributed by atoms with van der Waals surface area (Å²) in [7, 11) is 0. The molecule has 1 aliphatic rings. The Morgan fingerprint density at radius 3 is 3.00 bits per heavy atom. The van der Waals surface area contributed by atoms with Crippen molar-refractivity contribution in [2.24, 2.45) is 0 Å². The SMILES string of the molecule is O=C(O)[C@H]1C[C@@H](O)CN1C(=O)NCCc1cscn1. The predicted octanol–water partition coefficient (Wildman–Crippen LogP) is -0.0850. The minimum absolute atomic E-state index is 0.0551. The van der Waals surface area contributed by atoms with Crippen molar-refractivity contribution in [3.05, 3.63) is 16.6 Å². The predicted molar refractivity (Wildman–Crippen MR) is 68.0 cm³/mol. The summed E-state index contributed by atoms with van der Waals surface area (Å²) in [5.41, 5.74) is 2.61. The lowest BCUT2D eigenvalue weighted by atomic mass is 10.2. The van der Waals surface area contributed by atoms with Gasteiger partial charge in [0.05, 0.1) is 17.3 Å². The average molecular weight is 285 g/mol. The number of rotatable bonds is 4. The molecule has 7 nitrogen and oxygen atoms in total. The molecule has 2 atom stereocenters. The van der Waals surface area contributed by atoms with Crippen molar-refractivity contribution in [2.75, 3.05) is 13.1 Å². The molecule has 3 N–H and O–H groups in total. The zero-order chi connectivity index (χ0) is 13.8. The number of carbonyl (C=O) groups is 2. The maximum absolute atomic E-state index is 11.9. The summed E-state index contributed by atoms with van der Waals surface area (Å²) < 4.78 is 0. The molecule has 1 saturated heterocycles. The first-order valence-corrected chi connectivity index (χ1v) is 6.84. The van der Waals surface area contributed by atoms with E-state index in [2.05, 4.69) is 10.3 Å². The highest BCUT2D eigenvalue weighted by Gasteiger charge is 2.38. The maximum Gasteiger partial charge on any atom is 0.326 e. The number of aliphatic hydroxyl groups is 1. The van der Waals surface area contributed by atoms with Gasteiger partial charge in [-0.1, -0.05) is 0 Å². The van der Waals surface area contributed by atoms with Crippen molar-refractivity contribution in [3.8, 4) is 0 Å². The van der Waals surface area contributed by atoms with Crippen LogP contribution < -0.4 is 5.32 Å². The van der Waals surface area contributed by atoms with Crippen LogP contribution in [0, 0.1) is 0 Å². The van der Waals surface area contributed by atoms with Crippen LogP contribution in [0.15, 0.2) is 10.9 Å². The Morgan fingerprint density at radius 2 is 2.37 bits per heavy atom. The van der Waals surface area contributed by atoms with Crippen LogP contribution in [0.4, 0.5) is 4.79 Å². The number of aliphatic carboxylic acids is 1. The van der Waals surface area contributed by atoms with Crippen molar-refractivity contribution < 1.29 is 19.8 Å². The van der Waals surface area contributed by atoms with E-state index in [1.54, 1.807) is 5.51 Å². The van der Waals surface area contributed by atoms with Crippen LogP contribution in [0.5, 0.6) is 0 Å². The molecule has 8 heteroatoms. The Kier molecular flexibility index (Phi) is 4.33. The Bertz CT molecular complexity index is 451. The van der Waals surface area contributed by atoms with E-state index < -0.39 is 24.1 Å². The standard InChI is InChI=1S/C11H15N3O4S/c15-8-3-9(10(16)17)14(4-8)11(18)12-2-1-7-5-19-6-13-7/h5-6,8-9,15H,1-4H2,(H,12,18)(H,16,17)/t8-,9-/m1/s1. The van der Waals surface area contributed by atoms with Gasteiger partial charge in [-0.2, -0.15) is 0 Å². The van der Waals surface area contributed by atoms with Gasteiger partial charge in [0.25, 0.3) is 0 Å². The third kappa shape index (κ3) is 3.42. The van der Waals surface area contributed by atoms with Gasteiger partial charge in [-0.25, -0.2) is 14.6 Å². The number of likely N-dealkylation sites (tertiary alicyclic amines) is 1. The van der Waals surface area contributed by atoms with Gasteiger partial charge < -0.3 is 20.4 Å². The Hall–Kier alpha value is -1.67. The number of nitrogens with zero attached hydrogens (tertiary/aromatic N) is 2. The van der Waals surface area contributed by atoms with Gasteiger partial charge >= 0.3 is 12.0 Å². The lowest BCUT2D eigenvalue weighted by Crippen LogP contribution is -2.46. The van der Waals surface area contributed by atoms with E-state index in [0.717, 1.165) is 10.6 Å². The van der Waals surface area contributed by atoms with Crippen LogP contribution in [0.3, 0.4) is 0 Å². The molecular weight excluding hydrogens is 270 g/mol. The van der Waals surface area contributed by atoms with E-state index in [0.29, 0.717) is 13.0 Å². The van der Waals surface area contributed by atoms with Gasteiger partial charge in [-0.15, -0.1) is 11.3 Å². The lowest BCUT2D eigenvalue weighted by Gasteiger charge is -2.21. The van der Waals surface area contributed by atoms with Crippen LogP contribution in [-0.4, -0.2) is 57.3 Å². The second kappa shape index (κ2) is 5.98. The highest BCUT2D eigenvalue weighted by molar-refractivity contribution is 7.07. The third-order valence-electron chi connectivity index (χ3n) is 2.97. The minimum atomic E-state index is -1.09. The molecule has 104 valence electrons. The fourth-order valence-electron chi connectivity index (χ4n) is 2.03. The van der Waals surface area contributed by atoms with Crippen molar-refractivity contribution >= 4 is 23.3 Å². The summed E-state index contributed by atoms with van der Waals surface area (Å²) >= 11 is 1.48. The summed E-state index contributed by atoms with van der Waals surface area (Å²) in [5.74, 6) is -1.09. The molecule has 2 heterocycles. The molecule has 1 aromatic heterocycles. The van der Waals surface area contributed by atoms with E-state index in [1.165, 1.54) is 11.3 Å². The first-order valence-electron chi connectivity index (χ1n) is 5.90. The summed E-state index contributed by atoms with van der Waals surface area (Å²) in [5, 5.41) is 23.0. The van der Waals surface area contributed by atoms with Crippen LogP contribution >= 0.6 is 11.3 Å². The number of hydrogen-bond acceptors (Lipinski definition) is 5. The van der Waals surface area contributed by atoms with Crippen molar-refractivity contribution in [1.29, 1.82) is 0 Å². The van der Waals surface area contributed by atoms with E-state index in [1.807, 2.05) is 5.38 Å². The van der Waals surface area contributed by atoms with Gasteiger partial charge in [-0.05, 0) is 0 Å². The van der Waals surface area contributed by atoms with Gasteiger partial charge in [0, 0.05) is 31.3 Å². The molecule has 0 aromatic carbocycles. The van der Waals surface area contributed by atoms with Gasteiger partial charge in [0.15, 0.2) is 0 Å². The highest BCUT2D eigenvalue weighted by Crippen LogP contribution is 2.18. The quantitative estimate of drug-likeness (QED) is 0.717. The Balaban J connectivity index is 1.83. The van der Waals surface area contributed by atoms with Crippen LogP contribution in [-0.2, 0) is 11.2 Å². The number of aliphatic hydroxyl groups excluding tert-OH is 1. The van der Waals surface area contributed by atoms with E-state index >= 15 is 0 Å². The number of β-amino-alcohol motifs (C(OH)–C–C–N with tert-alkyl or cyclic N) is 1. The molecular formula is C11H15N3O4S. The molecule has 0 unspecified atom stereocenters. The second-order valence-corrected chi connectivity index (χ2v) is 5.08. The smallest absolute Gasteiger partial charge is 0.326 e. The first kappa shape index (κ1) is 13.8. The number of urea groups is 1. The molecule has 1 aliphatic heterocycles. The number of carbonyl (C=O) groups excluding carboxylic acids is 1. The largest absolute Gasteiger partial charge is 0.480 e. The molecule has 1 aromatic rings. The lowest BCUT2D eigenvalue weighted by molar-refractivity contribution is -0.141. The first-order chi connectivity index (χ1) is 9.08. The topological polar surface area (TPSA) is 103 Å². The highest BCUT2D eigenvalue weighted by atomic mass is 32.1. The van der Waals surface area contributed by atoms with Gasteiger partial charge in [0.1, 0.15) is 6.04 Å². The molecule has 2 rings (SSSR count). The average Bonchev–Trinajstić information content (AvgIpc) is 2.98. The third-order valence-corrected chi connectivity index (χ3v) is 3.60. The van der Waals surface area contributed by atoms with E-state index in [9.17, 15) is 14.7 Å². The molecule has 0 saturated carbocycles. The van der Waals surface area contributed by atoms with Crippen molar-refractivity contribution in [1.82, 2.24) is 15.2 Å². The zero-order valence-electron chi connectivity index (χ0n) is 10.2. The van der Waals surface area contributed by atoms with E-state index in [4.69, 9.17) is 5.11 Å². The summed E-state index contributed by atoms with van der Waals surface area (Å²) in [6.45, 7) is 0.445. The maximum atomic E-state index is 11.9. The summed E-state index contributed by atoms with van der Waals surface area (Å²) in [4.78, 5) is 28.1. The summed E-state index contributed by atoms with van der Waals surface area (Å²) in [6.07, 6.45) is -0.0940. The van der Waals surface area contributed by atoms with Gasteiger partial charge in [0.2, 0.25) is 0 Å². The Labute approximate surface area is 113 Å². The molecule has 0 bridgehead atoms. The van der Waals surface area contributed by atoms with Gasteiger partial charge in [-0.3, -0.25) is 0 Å². The number of thiazole rings is 1. The monoisotopic (exact) mass is 285 g/mol. The fourth-order valence-corrected chi connectivity index (χ4v) is 2.63. The van der Waals surface area contributed by atoms with Crippen LogP contribution in [0.1, 0.15) is 12.1 Å². The number of amides is 2. The molecule has 0 spiro atoms. The fraction of sp³-hybridized carbons (Fsp3) is 0.545. The number of carboxylic acid groups (broad SMARTS) is 1. The molecule has 1 fully saturated rings. The second-order valence-electron chi connectivity index (χ2n) is 4.36. The number of hydrogen-bond donors (Lipinski definition) is 3. The van der Waals surface area contributed by atoms with Crippen LogP contribution in [0.2, 0.25) is 0 Å². The minimum Gasteiger partial charge on any atom is -0.480 e. The molecule has 0 radical (unpaired) electrons. The number of carboxylic acids is 1. The Morgan fingerprint density at radius 1 is 1.58 bits per heavy atom. The van der Waals surface area contributed by atoms with E-state index in [-0.39, 0.29) is 13.0 Å². The molecule has 0 aliphatic carbocycles. The molecule has 19 heavy (non-hydrogen) atoms. The number of aromatic nitrogens is 1. The molecule has 2 amide bonds.